The lowest BCUT2D eigenvalue weighted by Gasteiger charge is -2.08. The van der Waals surface area contributed by atoms with Gasteiger partial charge in [0.25, 0.3) is 0 Å². The maximum atomic E-state index is 12.0. The molecule has 0 fully saturated rings. The van der Waals surface area contributed by atoms with Gasteiger partial charge in [-0.15, -0.1) is 11.3 Å². The lowest BCUT2D eigenvalue weighted by Crippen LogP contribution is -2.14. The number of aromatic nitrogens is 2. The lowest BCUT2D eigenvalue weighted by molar-refractivity contribution is 0.0507. The molecule has 0 aliphatic heterocycles. The molecule has 134 valence electrons. The Balaban J connectivity index is 1.58. The Labute approximate surface area is 166 Å². The fraction of sp³-hybridized carbons (Fsp3) is 0.0625. The van der Waals surface area contributed by atoms with Crippen molar-refractivity contribution >= 4 is 50.7 Å². The number of carbonyl (C=O) groups excluding carboxylic acids is 1. The largest absolute Gasteiger partial charge is 0.470 e. The van der Waals surface area contributed by atoms with Crippen molar-refractivity contribution in [1.82, 2.24) is 9.78 Å². The van der Waals surface area contributed by atoms with Crippen molar-refractivity contribution in [1.29, 1.82) is 0 Å². The van der Waals surface area contributed by atoms with Crippen molar-refractivity contribution in [3.05, 3.63) is 68.0 Å². The number of carbonyl (C=O) groups is 1. The average molecular weight is 456 g/mol. The third kappa shape index (κ3) is 4.63. The molecule has 3 aromatic rings. The first-order valence-corrected chi connectivity index (χ1v) is 9.28. The highest BCUT2D eigenvalue weighted by Crippen LogP contribution is 2.27. The Hall–Kier alpha value is -2.36. The fourth-order valence-electron chi connectivity index (χ4n) is 1.88. The van der Waals surface area contributed by atoms with Crippen LogP contribution < -0.4 is 10.5 Å². The zero-order chi connectivity index (χ0) is 18.5. The van der Waals surface area contributed by atoms with E-state index in [1.54, 1.807) is 24.4 Å². The van der Waals surface area contributed by atoms with E-state index in [9.17, 15) is 4.79 Å². The number of rotatable bonds is 6. The molecule has 0 aliphatic carbocycles. The third-order valence-corrected chi connectivity index (χ3v) is 4.78. The van der Waals surface area contributed by atoms with Crippen LogP contribution in [0.3, 0.4) is 0 Å². The Morgan fingerprint density at radius 3 is 2.96 bits per heavy atom. The number of ether oxygens (including phenoxy) is 1. The van der Waals surface area contributed by atoms with Crippen molar-refractivity contribution in [3.8, 4) is 5.75 Å². The quantitative estimate of drug-likeness (QED) is 0.264. The molecular formula is C16H12BrClN4O3S. The molecule has 0 saturated heterocycles. The fourth-order valence-corrected chi connectivity index (χ4v) is 3.22. The summed E-state index contributed by atoms with van der Waals surface area (Å²) in [5.74, 6) is -0.0891. The topological polar surface area (TPSA) is 91.7 Å². The van der Waals surface area contributed by atoms with Gasteiger partial charge in [0.15, 0.2) is 18.3 Å². The summed E-state index contributed by atoms with van der Waals surface area (Å²) in [6.07, 6.45) is 1.58. The minimum Gasteiger partial charge on any atom is -0.470 e. The van der Waals surface area contributed by atoms with E-state index in [0.717, 1.165) is 4.47 Å². The Kier molecular flexibility index (Phi) is 5.92. The van der Waals surface area contributed by atoms with Crippen LogP contribution >= 0.6 is 38.9 Å². The monoisotopic (exact) mass is 454 g/mol. The number of benzene rings is 1. The van der Waals surface area contributed by atoms with Gasteiger partial charge in [0.2, 0.25) is 0 Å². The van der Waals surface area contributed by atoms with Gasteiger partial charge in [-0.25, -0.2) is 9.48 Å². The van der Waals surface area contributed by atoms with Gasteiger partial charge in [0, 0.05) is 10.7 Å². The van der Waals surface area contributed by atoms with Crippen LogP contribution in [0.25, 0.3) is 0 Å². The first kappa shape index (κ1) is 18.4. The maximum absolute atomic E-state index is 12.0. The van der Waals surface area contributed by atoms with E-state index < -0.39 is 5.97 Å². The van der Waals surface area contributed by atoms with Crippen molar-refractivity contribution in [2.45, 2.75) is 6.73 Å². The molecule has 10 heteroatoms. The summed E-state index contributed by atoms with van der Waals surface area (Å²) in [6, 6.07) is 10.3. The van der Waals surface area contributed by atoms with Crippen LogP contribution in [0.15, 0.2) is 57.6 Å². The summed E-state index contributed by atoms with van der Waals surface area (Å²) in [4.78, 5) is 17.5. The SMILES string of the molecule is N/C(=N\OC(=O)c1ccn(COc2ccc(Br)cc2Cl)n1)c1cccs1. The van der Waals surface area contributed by atoms with Crippen LogP contribution in [-0.2, 0) is 11.6 Å². The minimum absolute atomic E-state index is 0.0786. The van der Waals surface area contributed by atoms with Crippen LogP contribution in [0, 0.1) is 0 Å². The number of hydrogen-bond acceptors (Lipinski definition) is 6. The van der Waals surface area contributed by atoms with Crippen molar-refractivity contribution < 1.29 is 14.4 Å². The zero-order valence-electron chi connectivity index (χ0n) is 13.1. The Morgan fingerprint density at radius 1 is 1.38 bits per heavy atom. The molecule has 1 aromatic carbocycles. The molecule has 0 radical (unpaired) electrons. The first-order chi connectivity index (χ1) is 12.5. The smallest absolute Gasteiger partial charge is 0.385 e. The Morgan fingerprint density at radius 2 is 2.23 bits per heavy atom. The van der Waals surface area contributed by atoms with Crippen molar-refractivity contribution in [2.75, 3.05) is 0 Å². The molecular weight excluding hydrogens is 444 g/mol. The van der Waals surface area contributed by atoms with Crippen molar-refractivity contribution in [2.24, 2.45) is 10.9 Å². The van der Waals surface area contributed by atoms with Gasteiger partial charge < -0.3 is 15.3 Å². The van der Waals surface area contributed by atoms with Crippen LogP contribution in [0.1, 0.15) is 15.4 Å². The molecule has 3 rings (SSSR count). The molecule has 0 unspecified atom stereocenters. The minimum atomic E-state index is -0.718. The van der Waals surface area contributed by atoms with E-state index in [2.05, 4.69) is 26.2 Å². The van der Waals surface area contributed by atoms with E-state index in [4.69, 9.17) is 26.9 Å². The zero-order valence-corrected chi connectivity index (χ0v) is 16.3. The van der Waals surface area contributed by atoms with Crippen molar-refractivity contribution in [3.63, 3.8) is 0 Å². The maximum Gasteiger partial charge on any atom is 0.385 e. The van der Waals surface area contributed by atoms with Gasteiger partial charge in [0.1, 0.15) is 5.75 Å². The summed E-state index contributed by atoms with van der Waals surface area (Å²) in [5.41, 5.74) is 5.81. The molecule has 0 atom stereocenters. The number of nitrogens with zero attached hydrogens (tertiary/aromatic N) is 3. The molecule has 2 N–H and O–H groups in total. The van der Waals surface area contributed by atoms with Gasteiger partial charge in [-0.05, 0) is 35.7 Å². The second-order valence-electron chi connectivity index (χ2n) is 4.92. The van der Waals surface area contributed by atoms with Gasteiger partial charge >= 0.3 is 5.97 Å². The van der Waals surface area contributed by atoms with E-state index in [0.29, 0.717) is 15.6 Å². The summed E-state index contributed by atoms with van der Waals surface area (Å²) in [7, 11) is 0. The Bertz CT molecular complexity index is 943. The number of halogens is 2. The van der Waals surface area contributed by atoms with Crippen LogP contribution in [0.4, 0.5) is 0 Å². The van der Waals surface area contributed by atoms with Crippen LogP contribution in [0.5, 0.6) is 5.75 Å². The van der Waals surface area contributed by atoms with Gasteiger partial charge in [-0.2, -0.15) is 5.10 Å². The third-order valence-electron chi connectivity index (χ3n) is 3.10. The number of nitrogens with two attached hydrogens (primary N) is 1. The molecule has 2 heterocycles. The number of thiophene rings is 1. The number of hydrogen-bond donors (Lipinski definition) is 1. The molecule has 7 nitrogen and oxygen atoms in total. The molecule has 2 aromatic heterocycles. The molecule has 0 aliphatic rings. The van der Waals surface area contributed by atoms with E-state index in [1.807, 2.05) is 17.5 Å². The molecule has 0 bridgehead atoms. The van der Waals surface area contributed by atoms with Gasteiger partial charge in [-0.3, -0.25) is 0 Å². The van der Waals surface area contributed by atoms with E-state index >= 15 is 0 Å². The summed E-state index contributed by atoms with van der Waals surface area (Å²) in [6.45, 7) is 0.0786. The van der Waals surface area contributed by atoms with Gasteiger partial charge in [0.05, 0.1) is 9.90 Å². The summed E-state index contributed by atoms with van der Waals surface area (Å²) in [5, 5.41) is 10.00. The lowest BCUT2D eigenvalue weighted by atomic mass is 10.3. The van der Waals surface area contributed by atoms with Crippen LogP contribution in [0.2, 0.25) is 5.02 Å². The number of amidine groups is 1. The standard InChI is InChI=1S/C16H12BrClN4O3S/c17-10-3-4-13(11(18)8-10)24-9-22-6-5-12(20-22)16(23)25-21-15(19)14-2-1-7-26-14/h1-8H,9H2,(H2,19,21). The first-order valence-electron chi connectivity index (χ1n) is 7.23. The predicted molar refractivity (Wildman–Crippen MR) is 102 cm³/mol. The average Bonchev–Trinajstić information content (AvgIpc) is 3.30. The predicted octanol–water partition coefficient (Wildman–Crippen LogP) is 3.87. The summed E-state index contributed by atoms with van der Waals surface area (Å²) < 4.78 is 7.85. The molecule has 0 saturated carbocycles. The second kappa shape index (κ2) is 8.35. The molecule has 0 spiro atoms. The van der Waals surface area contributed by atoms with Gasteiger partial charge in [-0.1, -0.05) is 38.8 Å². The highest BCUT2D eigenvalue weighted by molar-refractivity contribution is 9.10. The highest BCUT2D eigenvalue weighted by Gasteiger charge is 2.13. The van der Waals surface area contributed by atoms with Crippen LogP contribution in [-0.4, -0.2) is 21.6 Å². The molecule has 0 amide bonds. The second-order valence-corrected chi connectivity index (χ2v) is 7.19. The van der Waals surface area contributed by atoms with E-state index in [-0.39, 0.29) is 18.3 Å². The van der Waals surface area contributed by atoms with E-state index in [1.165, 1.54) is 22.1 Å². The summed E-state index contributed by atoms with van der Waals surface area (Å²) >= 11 is 10.8. The normalized spacial score (nSPS) is 11.4. The number of oxime groups is 1. The highest BCUT2D eigenvalue weighted by atomic mass is 79.9. The molecule has 26 heavy (non-hydrogen) atoms.